The number of nitrogens with zero attached hydrogens (tertiary/aromatic N) is 3. The smallest absolute Gasteiger partial charge is 0.410 e. The quantitative estimate of drug-likeness (QED) is 0.0588. The van der Waals surface area contributed by atoms with Gasteiger partial charge in [0.2, 0.25) is 0 Å². The Morgan fingerprint density at radius 1 is 0.507 bits per heavy atom. The predicted octanol–water partition coefficient (Wildman–Crippen LogP) is 9.55. The second kappa shape index (κ2) is 22.8. The highest BCUT2D eigenvalue weighted by molar-refractivity contribution is 6.20. The zero-order chi connectivity index (χ0) is 54.4. The van der Waals surface area contributed by atoms with Gasteiger partial charge < -0.3 is 28.9 Å². The number of aliphatic carboxylic acids is 1. The first-order valence-corrected chi connectivity index (χ1v) is 24.6. The largest absolute Gasteiger partial charge is 0.481 e. The summed E-state index contributed by atoms with van der Waals surface area (Å²) < 4.78 is 22.2. The fraction of sp³-hybridized carbons (Fsp3) is 0.345. The van der Waals surface area contributed by atoms with E-state index < -0.39 is 77.6 Å². The van der Waals surface area contributed by atoms with Crippen LogP contribution in [-0.2, 0) is 43.0 Å². The van der Waals surface area contributed by atoms with E-state index in [1.807, 2.05) is 97.1 Å². The molecule has 75 heavy (non-hydrogen) atoms. The van der Waals surface area contributed by atoms with Crippen LogP contribution in [-0.4, -0.2) is 118 Å². The lowest BCUT2D eigenvalue weighted by Gasteiger charge is -2.29. The summed E-state index contributed by atoms with van der Waals surface area (Å²) in [7, 11) is 2.82. The lowest BCUT2D eigenvalue weighted by Crippen LogP contribution is -2.46. The van der Waals surface area contributed by atoms with Gasteiger partial charge in [0.25, 0.3) is 11.8 Å². The molecule has 1 N–H and O–H groups in total. The average Bonchev–Trinajstić information content (AvgIpc) is 3.95. The monoisotopic (exact) mass is 1020 g/mol. The number of imide groups is 1. The summed E-state index contributed by atoms with van der Waals surface area (Å²) in [5.74, 6) is -5.19. The molecule has 0 saturated carbocycles. The van der Waals surface area contributed by atoms with Crippen molar-refractivity contribution in [3.63, 3.8) is 0 Å². The Bertz CT molecular complexity index is 2880. The lowest BCUT2D eigenvalue weighted by molar-refractivity contribution is -0.170. The van der Waals surface area contributed by atoms with E-state index in [-0.39, 0.29) is 55.4 Å². The summed E-state index contributed by atoms with van der Waals surface area (Å²) in [6, 6.07) is 35.7. The highest BCUT2D eigenvalue weighted by Crippen LogP contribution is 2.46. The first-order valence-electron chi connectivity index (χ1n) is 24.6. The van der Waals surface area contributed by atoms with Gasteiger partial charge in [0, 0.05) is 32.4 Å². The number of carbonyl (C=O) groups excluding carboxylic acids is 7. The van der Waals surface area contributed by atoms with Crippen LogP contribution in [0.2, 0.25) is 0 Å². The zero-order valence-corrected chi connectivity index (χ0v) is 43.2. The zero-order valence-electron chi connectivity index (χ0n) is 43.2. The molecular formula is C58H61N3O14. The topological polar surface area (TPSA) is 213 Å². The molecule has 5 aromatic carbocycles. The van der Waals surface area contributed by atoms with E-state index in [4.69, 9.17) is 28.9 Å². The number of esters is 2. The van der Waals surface area contributed by atoms with Crippen LogP contribution in [0, 0.1) is 0 Å². The van der Waals surface area contributed by atoms with Gasteiger partial charge in [-0.2, -0.15) is 0 Å². The van der Waals surface area contributed by atoms with Crippen molar-refractivity contribution >= 4 is 47.9 Å². The molecule has 2 aliphatic carbocycles. The van der Waals surface area contributed by atoms with Crippen LogP contribution in [0.1, 0.15) is 122 Å². The average molecular weight is 1020 g/mol. The van der Waals surface area contributed by atoms with Gasteiger partial charge in [-0.05, 0) is 111 Å². The van der Waals surface area contributed by atoms with E-state index in [1.165, 1.54) is 26.2 Å². The normalized spacial score (nSPS) is 14.1. The van der Waals surface area contributed by atoms with Crippen LogP contribution in [0.25, 0.3) is 22.3 Å². The molecule has 17 nitrogen and oxygen atoms in total. The van der Waals surface area contributed by atoms with Gasteiger partial charge in [0.15, 0.2) is 0 Å². The second-order valence-corrected chi connectivity index (χ2v) is 20.3. The molecular weight excluding hydrogens is 963 g/mol. The number of likely N-dealkylation sites (N-methyl/N-ethyl adjacent to an activating group) is 2. The fourth-order valence-electron chi connectivity index (χ4n) is 9.24. The number of hydrogen-bond acceptors (Lipinski definition) is 13. The van der Waals surface area contributed by atoms with Crippen molar-refractivity contribution in [1.82, 2.24) is 14.9 Å². The van der Waals surface area contributed by atoms with Crippen LogP contribution in [0.4, 0.5) is 9.59 Å². The van der Waals surface area contributed by atoms with Crippen molar-refractivity contribution in [1.29, 1.82) is 0 Å². The van der Waals surface area contributed by atoms with Gasteiger partial charge in [-0.1, -0.05) is 114 Å². The van der Waals surface area contributed by atoms with Gasteiger partial charge in [-0.15, -0.1) is 0 Å². The van der Waals surface area contributed by atoms with Crippen molar-refractivity contribution < 1.29 is 67.2 Å². The maximum absolute atomic E-state index is 13.3. The Kier molecular flexibility index (Phi) is 16.6. The van der Waals surface area contributed by atoms with Gasteiger partial charge in [-0.3, -0.25) is 24.2 Å². The fourth-order valence-corrected chi connectivity index (χ4v) is 9.24. The summed E-state index contributed by atoms with van der Waals surface area (Å²) in [4.78, 5) is 108. The molecule has 4 amide bonds. The molecule has 0 spiro atoms. The molecule has 2 atom stereocenters. The molecule has 392 valence electrons. The molecule has 1 heterocycles. The Morgan fingerprint density at radius 2 is 0.813 bits per heavy atom. The third-order valence-electron chi connectivity index (χ3n) is 12.7. The lowest BCUT2D eigenvalue weighted by atomic mass is 9.98. The van der Waals surface area contributed by atoms with Crippen molar-refractivity contribution in [2.24, 2.45) is 0 Å². The molecule has 3 aliphatic rings. The Labute approximate surface area is 435 Å². The molecule has 0 bridgehead atoms. The number of rotatable bonds is 15. The van der Waals surface area contributed by atoms with Crippen molar-refractivity contribution in [2.45, 2.75) is 102 Å². The van der Waals surface area contributed by atoms with Crippen LogP contribution < -0.4 is 0 Å². The van der Waals surface area contributed by atoms with Crippen LogP contribution >= 0.6 is 0 Å². The Hall–Kier alpha value is -8.34. The number of carboxylic acid groups (broad SMARTS) is 1. The maximum Gasteiger partial charge on any atom is 0.410 e. The molecule has 1 aliphatic heterocycles. The number of hydrogen-bond donors (Lipinski definition) is 1. The van der Waals surface area contributed by atoms with E-state index in [9.17, 15) is 38.4 Å². The number of carboxylic acids is 1. The molecule has 0 aromatic heterocycles. The third-order valence-corrected chi connectivity index (χ3v) is 12.7. The van der Waals surface area contributed by atoms with Gasteiger partial charge in [0.05, 0.1) is 17.5 Å². The van der Waals surface area contributed by atoms with Gasteiger partial charge in [0.1, 0.15) is 36.5 Å². The van der Waals surface area contributed by atoms with Crippen LogP contribution in [0.15, 0.2) is 121 Å². The van der Waals surface area contributed by atoms with Crippen molar-refractivity contribution in [3.8, 4) is 22.3 Å². The standard InChI is InChI=1S/C33H32N2O8.C25H29NO6/c1-33(2,3)42-31(39)27(17-18-28(36)43-35-29(37)24-15-9-10-16-25(24)30(35)38)34(4)32(40)41-19-26-22-13-7-5-11-20(22)21-12-6-8-14-23(21)26;1-25(2,3)32-23(29)21(13-14-22(27)28)26(4)24(30)31-15-20-18-11-7-5-9-16(18)17-10-6-8-12-19(17)20/h5-16,26-27H,17-19H2,1-4H3;5-12,20-21H,13-15H2,1-4H3,(H,27,28)/t27-;21-/m00/s1. The molecule has 17 heteroatoms. The summed E-state index contributed by atoms with van der Waals surface area (Å²) in [5.41, 5.74) is 7.26. The van der Waals surface area contributed by atoms with Crippen molar-refractivity contribution in [2.75, 3.05) is 27.3 Å². The van der Waals surface area contributed by atoms with Gasteiger partial charge in [-0.25, -0.2) is 24.0 Å². The summed E-state index contributed by atoms with van der Waals surface area (Å²) in [5, 5.41) is 9.45. The molecule has 0 radical (unpaired) electrons. The minimum atomic E-state index is -1.20. The first kappa shape index (κ1) is 54.4. The Morgan fingerprint density at radius 3 is 1.13 bits per heavy atom. The number of ether oxygens (including phenoxy) is 4. The van der Waals surface area contributed by atoms with E-state index >= 15 is 0 Å². The number of hydroxylamine groups is 2. The molecule has 0 unspecified atom stereocenters. The molecule has 5 aromatic rings. The summed E-state index contributed by atoms with van der Waals surface area (Å²) in [6.07, 6.45) is -2.40. The maximum atomic E-state index is 13.3. The van der Waals surface area contributed by atoms with Crippen LogP contribution in [0.3, 0.4) is 0 Å². The van der Waals surface area contributed by atoms with E-state index in [1.54, 1.807) is 53.7 Å². The molecule has 0 saturated heterocycles. The van der Waals surface area contributed by atoms with Crippen LogP contribution in [0.5, 0.6) is 0 Å². The summed E-state index contributed by atoms with van der Waals surface area (Å²) in [6.45, 7) is 10.4. The van der Waals surface area contributed by atoms with Crippen molar-refractivity contribution in [3.05, 3.63) is 155 Å². The molecule has 8 rings (SSSR count). The third kappa shape index (κ3) is 12.7. The number of amides is 4. The first-order chi connectivity index (χ1) is 35.5. The SMILES string of the molecule is CN(C(=O)OCC1c2ccccc2-c2ccccc21)[C@@H](CCC(=O)O)C(=O)OC(C)(C)C.CN(C(=O)OCC1c2ccccc2-c2ccccc21)[C@@H](CCC(=O)ON1C(=O)c2ccccc2C1=O)C(=O)OC(C)(C)C. The minimum Gasteiger partial charge on any atom is -0.481 e. The predicted molar refractivity (Wildman–Crippen MR) is 274 cm³/mol. The number of carbonyl (C=O) groups is 8. The minimum absolute atomic E-state index is 0.0417. The number of fused-ring (bicyclic) bond motifs is 7. The van der Waals surface area contributed by atoms with E-state index in [2.05, 4.69) is 0 Å². The summed E-state index contributed by atoms with van der Waals surface area (Å²) >= 11 is 0. The number of benzene rings is 5. The molecule has 0 fully saturated rings. The highest BCUT2D eigenvalue weighted by atomic mass is 16.7. The highest BCUT2D eigenvalue weighted by Gasteiger charge is 2.40. The van der Waals surface area contributed by atoms with E-state index in [0.29, 0.717) is 5.06 Å². The second-order valence-electron chi connectivity index (χ2n) is 20.3. The Balaban J connectivity index is 0.000000229. The van der Waals surface area contributed by atoms with Gasteiger partial charge >= 0.3 is 36.1 Å². The van der Waals surface area contributed by atoms with E-state index in [0.717, 1.165) is 54.3 Å².